The molecule has 23 heavy (non-hydrogen) atoms. The van der Waals surface area contributed by atoms with Crippen LogP contribution in [0.15, 0.2) is 53.6 Å². The van der Waals surface area contributed by atoms with Crippen molar-refractivity contribution in [3.05, 3.63) is 64.7 Å². The zero-order valence-corrected chi connectivity index (χ0v) is 12.9. The quantitative estimate of drug-likeness (QED) is 0.908. The van der Waals surface area contributed by atoms with Crippen LogP contribution in [0, 0.1) is 0 Å². The highest BCUT2D eigenvalue weighted by atomic mass is 35.5. The van der Waals surface area contributed by atoms with Gasteiger partial charge in [-0.25, -0.2) is 5.43 Å². The number of carbonyl (C=O) groups is 2. The van der Waals surface area contributed by atoms with Gasteiger partial charge in [-0.1, -0.05) is 29.8 Å². The second kappa shape index (κ2) is 6.62. The Morgan fingerprint density at radius 1 is 1.13 bits per heavy atom. The average Bonchev–Trinajstić information content (AvgIpc) is 2.56. The third-order valence-corrected chi connectivity index (χ3v) is 3.70. The van der Waals surface area contributed by atoms with Gasteiger partial charge in [0.05, 0.1) is 5.71 Å². The molecule has 0 unspecified atom stereocenters. The van der Waals surface area contributed by atoms with Crippen molar-refractivity contribution >= 4 is 34.8 Å². The highest BCUT2D eigenvalue weighted by Crippen LogP contribution is 2.16. The molecule has 0 atom stereocenters. The molecule has 3 rings (SSSR count). The lowest BCUT2D eigenvalue weighted by Gasteiger charge is -2.12. The molecule has 1 aliphatic heterocycles. The van der Waals surface area contributed by atoms with Crippen molar-refractivity contribution in [1.82, 2.24) is 5.43 Å². The van der Waals surface area contributed by atoms with Crippen molar-refractivity contribution in [3.8, 4) is 0 Å². The maximum Gasteiger partial charge on any atom is 0.255 e. The Morgan fingerprint density at radius 3 is 2.57 bits per heavy atom. The van der Waals surface area contributed by atoms with Gasteiger partial charge in [-0.3, -0.25) is 9.59 Å². The fourth-order valence-electron chi connectivity index (χ4n) is 2.26. The number of nitrogens with one attached hydrogen (secondary N) is 2. The molecule has 116 valence electrons. The Kier molecular flexibility index (Phi) is 4.39. The minimum absolute atomic E-state index is 0.0702. The summed E-state index contributed by atoms with van der Waals surface area (Å²) in [5.74, 6) is -0.290. The highest BCUT2D eigenvalue weighted by Gasteiger charge is 2.13. The summed E-state index contributed by atoms with van der Waals surface area (Å²) in [6.45, 7) is 0. The summed E-state index contributed by atoms with van der Waals surface area (Å²) in [7, 11) is 0. The number of hydrazone groups is 1. The van der Waals surface area contributed by atoms with Crippen LogP contribution in [0.4, 0.5) is 5.69 Å². The topological polar surface area (TPSA) is 70.6 Å². The van der Waals surface area contributed by atoms with E-state index in [1.165, 1.54) is 0 Å². The molecular weight excluding hydrogens is 314 g/mol. The van der Waals surface area contributed by atoms with Gasteiger partial charge in [-0.15, -0.1) is 0 Å². The Labute approximate surface area is 138 Å². The number of halogens is 1. The van der Waals surface area contributed by atoms with Gasteiger partial charge in [0.25, 0.3) is 5.91 Å². The summed E-state index contributed by atoms with van der Waals surface area (Å²) in [5, 5.41) is 7.38. The normalized spacial score (nSPS) is 14.0. The first-order chi connectivity index (χ1) is 11.1. The Morgan fingerprint density at radius 2 is 1.91 bits per heavy atom. The molecule has 0 radical (unpaired) electrons. The van der Waals surface area contributed by atoms with E-state index < -0.39 is 0 Å². The second-order valence-electron chi connectivity index (χ2n) is 5.14. The van der Waals surface area contributed by atoms with Crippen LogP contribution >= 0.6 is 11.6 Å². The molecule has 1 aliphatic rings. The van der Waals surface area contributed by atoms with E-state index in [0.29, 0.717) is 29.1 Å². The third kappa shape index (κ3) is 3.76. The first-order valence-corrected chi connectivity index (χ1v) is 7.52. The van der Waals surface area contributed by atoms with E-state index in [0.717, 1.165) is 11.3 Å². The number of nitrogens with zero attached hydrogens (tertiary/aromatic N) is 1. The monoisotopic (exact) mass is 327 g/mol. The lowest BCUT2D eigenvalue weighted by Crippen LogP contribution is -2.25. The Bertz CT molecular complexity index is 785. The van der Waals surface area contributed by atoms with Crippen LogP contribution in [0.5, 0.6) is 0 Å². The summed E-state index contributed by atoms with van der Waals surface area (Å²) in [6, 6.07) is 14.1. The number of hydrogen-bond donors (Lipinski definition) is 2. The van der Waals surface area contributed by atoms with E-state index >= 15 is 0 Å². The molecule has 1 heterocycles. The van der Waals surface area contributed by atoms with Gasteiger partial charge in [-0.2, -0.15) is 5.10 Å². The van der Waals surface area contributed by atoms with Crippen molar-refractivity contribution in [1.29, 1.82) is 0 Å². The molecular formula is C17H14ClN3O2. The smallest absolute Gasteiger partial charge is 0.255 e. The van der Waals surface area contributed by atoms with Crippen LogP contribution in [0.1, 0.15) is 28.8 Å². The molecule has 0 fully saturated rings. The van der Waals surface area contributed by atoms with E-state index in [4.69, 9.17) is 11.6 Å². The fourth-order valence-corrected chi connectivity index (χ4v) is 2.45. The van der Waals surface area contributed by atoms with Crippen LogP contribution in [0.2, 0.25) is 5.02 Å². The lowest BCUT2D eigenvalue weighted by molar-refractivity contribution is -0.121. The van der Waals surface area contributed by atoms with Crippen LogP contribution in [0.3, 0.4) is 0 Å². The summed E-state index contributed by atoms with van der Waals surface area (Å²) >= 11 is 5.89. The third-order valence-electron chi connectivity index (χ3n) is 3.47. The van der Waals surface area contributed by atoms with Crippen molar-refractivity contribution in [2.75, 3.05) is 5.32 Å². The van der Waals surface area contributed by atoms with Gasteiger partial charge in [0, 0.05) is 29.1 Å². The Balaban J connectivity index is 1.70. The number of benzene rings is 2. The zero-order valence-electron chi connectivity index (χ0n) is 12.2. The summed E-state index contributed by atoms with van der Waals surface area (Å²) < 4.78 is 0. The molecule has 2 aromatic rings. The first kappa shape index (κ1) is 15.2. The number of hydrogen-bond acceptors (Lipinski definition) is 3. The van der Waals surface area contributed by atoms with Gasteiger partial charge in [-0.05, 0) is 35.9 Å². The van der Waals surface area contributed by atoms with Crippen molar-refractivity contribution in [3.63, 3.8) is 0 Å². The molecule has 2 N–H and O–H groups in total. The molecule has 0 aliphatic carbocycles. The predicted molar refractivity (Wildman–Crippen MR) is 89.8 cm³/mol. The van der Waals surface area contributed by atoms with Crippen LogP contribution in [-0.2, 0) is 4.79 Å². The van der Waals surface area contributed by atoms with Crippen LogP contribution in [-0.4, -0.2) is 17.5 Å². The standard InChI is InChI=1S/C17H14ClN3O2/c18-13-3-1-2-12(10-13)17(23)19-14-6-4-11(5-7-14)15-8-9-16(22)21-20-15/h1-7,10H,8-9H2,(H,19,23)(H,21,22). The fraction of sp³-hybridized carbons (Fsp3) is 0.118. The number of amides is 2. The largest absolute Gasteiger partial charge is 0.322 e. The van der Waals surface area contributed by atoms with Crippen molar-refractivity contribution in [2.24, 2.45) is 5.10 Å². The second-order valence-corrected chi connectivity index (χ2v) is 5.57. The van der Waals surface area contributed by atoms with Gasteiger partial charge in [0.2, 0.25) is 5.91 Å². The zero-order chi connectivity index (χ0) is 16.2. The van der Waals surface area contributed by atoms with E-state index in [-0.39, 0.29) is 11.8 Å². The van der Waals surface area contributed by atoms with E-state index in [1.54, 1.807) is 36.4 Å². The molecule has 0 bridgehead atoms. The minimum atomic E-state index is -0.220. The molecule has 0 saturated carbocycles. The lowest BCUT2D eigenvalue weighted by atomic mass is 10.0. The van der Waals surface area contributed by atoms with Crippen molar-refractivity contribution < 1.29 is 9.59 Å². The van der Waals surface area contributed by atoms with Gasteiger partial charge in [0.1, 0.15) is 0 Å². The maximum absolute atomic E-state index is 12.1. The minimum Gasteiger partial charge on any atom is -0.322 e. The predicted octanol–water partition coefficient (Wildman–Crippen LogP) is 3.21. The number of anilines is 1. The van der Waals surface area contributed by atoms with Crippen LogP contribution < -0.4 is 10.7 Å². The maximum atomic E-state index is 12.1. The molecule has 0 aromatic heterocycles. The first-order valence-electron chi connectivity index (χ1n) is 7.14. The van der Waals surface area contributed by atoms with E-state index in [2.05, 4.69) is 15.8 Å². The van der Waals surface area contributed by atoms with Crippen molar-refractivity contribution in [2.45, 2.75) is 12.8 Å². The summed E-state index contributed by atoms with van der Waals surface area (Å²) in [4.78, 5) is 23.2. The molecule has 0 spiro atoms. The Hall–Kier alpha value is -2.66. The van der Waals surface area contributed by atoms with Gasteiger partial charge in [0.15, 0.2) is 0 Å². The molecule has 2 aromatic carbocycles. The van der Waals surface area contributed by atoms with Crippen LogP contribution in [0.25, 0.3) is 0 Å². The van der Waals surface area contributed by atoms with E-state index in [9.17, 15) is 9.59 Å². The van der Waals surface area contributed by atoms with Gasteiger partial charge < -0.3 is 5.32 Å². The number of rotatable bonds is 3. The van der Waals surface area contributed by atoms with E-state index in [1.807, 2.05) is 12.1 Å². The molecule has 2 amide bonds. The number of carbonyl (C=O) groups excluding carboxylic acids is 2. The highest BCUT2D eigenvalue weighted by molar-refractivity contribution is 6.31. The molecule has 6 heteroatoms. The summed E-state index contributed by atoms with van der Waals surface area (Å²) in [5.41, 5.74) is 5.40. The summed E-state index contributed by atoms with van der Waals surface area (Å²) in [6.07, 6.45) is 1.05. The molecule has 5 nitrogen and oxygen atoms in total. The SMILES string of the molecule is O=C1CCC(c2ccc(NC(=O)c3cccc(Cl)c3)cc2)=NN1. The van der Waals surface area contributed by atoms with Gasteiger partial charge >= 0.3 is 0 Å². The molecule has 0 saturated heterocycles. The average molecular weight is 328 g/mol.